The summed E-state index contributed by atoms with van der Waals surface area (Å²) in [4.78, 5) is 19.0. The minimum atomic E-state index is -0.418. The zero-order valence-electron chi connectivity index (χ0n) is 10.8. The Bertz CT molecular complexity index is 639. The second-order valence-electron chi connectivity index (χ2n) is 4.59. The fraction of sp³-hybridized carbons (Fsp3) is 0.286. The second kappa shape index (κ2) is 5.32. The van der Waals surface area contributed by atoms with E-state index in [0.717, 1.165) is 18.5 Å². The first-order chi connectivity index (χ1) is 9.74. The van der Waals surface area contributed by atoms with Gasteiger partial charge in [0.2, 0.25) is 0 Å². The van der Waals surface area contributed by atoms with E-state index in [1.807, 2.05) is 0 Å². The van der Waals surface area contributed by atoms with Crippen molar-refractivity contribution in [2.75, 3.05) is 6.54 Å². The monoisotopic (exact) mass is 275 g/mol. The summed E-state index contributed by atoms with van der Waals surface area (Å²) in [6.45, 7) is 0.755. The maximum absolute atomic E-state index is 13.4. The molecule has 1 aliphatic rings. The Hall–Kier alpha value is -2.37. The first kappa shape index (κ1) is 12.7. The van der Waals surface area contributed by atoms with Crippen LogP contribution < -0.4 is 10.1 Å². The van der Waals surface area contributed by atoms with Crippen molar-refractivity contribution < 1.29 is 13.9 Å². The predicted molar refractivity (Wildman–Crippen MR) is 70.0 cm³/mol. The quantitative estimate of drug-likeness (QED) is 0.897. The number of halogens is 1. The summed E-state index contributed by atoms with van der Waals surface area (Å²) < 4.78 is 18.8. The number of nitrogens with zero attached hydrogens (tertiary/aromatic N) is 1. The van der Waals surface area contributed by atoms with E-state index in [-0.39, 0.29) is 18.3 Å². The number of imidazole rings is 1. The first-order valence-corrected chi connectivity index (χ1v) is 6.47. The van der Waals surface area contributed by atoms with Crippen molar-refractivity contribution in [2.45, 2.75) is 19.4 Å². The van der Waals surface area contributed by atoms with Crippen LogP contribution in [0.25, 0.3) is 0 Å². The molecule has 2 N–H and O–H groups in total. The highest BCUT2D eigenvalue weighted by Crippen LogP contribution is 2.18. The van der Waals surface area contributed by atoms with E-state index in [9.17, 15) is 9.18 Å². The number of para-hydroxylation sites is 1. The van der Waals surface area contributed by atoms with Crippen molar-refractivity contribution in [3.8, 4) is 5.75 Å². The Morgan fingerprint density at radius 2 is 2.20 bits per heavy atom. The fourth-order valence-corrected chi connectivity index (χ4v) is 2.16. The second-order valence-corrected chi connectivity index (χ2v) is 4.59. The van der Waals surface area contributed by atoms with Crippen molar-refractivity contribution in [3.05, 3.63) is 47.3 Å². The summed E-state index contributed by atoms with van der Waals surface area (Å²) in [7, 11) is 0. The molecule has 0 spiro atoms. The summed E-state index contributed by atoms with van der Waals surface area (Å²) in [5.74, 6) is 0.100. The average Bonchev–Trinajstić information content (AvgIpc) is 2.78. The molecule has 6 heteroatoms. The van der Waals surface area contributed by atoms with Crippen LogP contribution in [0.2, 0.25) is 0 Å². The third-order valence-electron chi connectivity index (χ3n) is 3.13. The topological polar surface area (TPSA) is 67.0 Å². The number of hydrogen-bond donors (Lipinski definition) is 2. The van der Waals surface area contributed by atoms with Gasteiger partial charge in [-0.15, -0.1) is 0 Å². The van der Waals surface area contributed by atoms with E-state index in [1.165, 1.54) is 6.07 Å². The lowest BCUT2D eigenvalue weighted by molar-refractivity contribution is 0.0951. The maximum atomic E-state index is 13.4. The molecular weight excluding hydrogens is 261 g/mol. The molecule has 2 aromatic rings. The number of H-pyrrole nitrogens is 1. The number of carbonyl (C=O) groups is 1. The van der Waals surface area contributed by atoms with Gasteiger partial charge in [-0.1, -0.05) is 12.1 Å². The van der Waals surface area contributed by atoms with E-state index in [4.69, 9.17) is 4.74 Å². The van der Waals surface area contributed by atoms with Gasteiger partial charge in [-0.05, 0) is 25.0 Å². The van der Waals surface area contributed by atoms with Crippen LogP contribution in [0, 0.1) is 5.82 Å². The van der Waals surface area contributed by atoms with Crippen molar-refractivity contribution in [2.24, 2.45) is 0 Å². The van der Waals surface area contributed by atoms with E-state index in [2.05, 4.69) is 15.3 Å². The zero-order chi connectivity index (χ0) is 13.9. The van der Waals surface area contributed by atoms with E-state index in [1.54, 1.807) is 18.2 Å². The normalized spacial score (nSPS) is 14.3. The van der Waals surface area contributed by atoms with Crippen LogP contribution in [-0.4, -0.2) is 22.4 Å². The van der Waals surface area contributed by atoms with Crippen molar-refractivity contribution in [1.82, 2.24) is 15.3 Å². The number of fused-ring (bicyclic) bond motifs is 1. The summed E-state index contributed by atoms with van der Waals surface area (Å²) in [5, 5.41) is 2.77. The number of rotatable bonds is 3. The molecule has 1 aromatic carbocycles. The van der Waals surface area contributed by atoms with E-state index >= 15 is 0 Å². The van der Waals surface area contributed by atoms with Gasteiger partial charge >= 0.3 is 0 Å². The highest BCUT2D eigenvalue weighted by molar-refractivity contribution is 5.93. The van der Waals surface area contributed by atoms with Crippen LogP contribution in [0.15, 0.2) is 24.3 Å². The predicted octanol–water partition coefficient (Wildman–Crippen LogP) is 1.80. The Morgan fingerprint density at radius 3 is 3.05 bits per heavy atom. The van der Waals surface area contributed by atoms with Crippen LogP contribution in [0.4, 0.5) is 4.39 Å². The summed E-state index contributed by atoms with van der Waals surface area (Å²) in [6.07, 6.45) is 1.63. The number of hydrogen-bond acceptors (Lipinski definition) is 3. The van der Waals surface area contributed by atoms with Crippen molar-refractivity contribution in [3.63, 3.8) is 0 Å². The Labute approximate surface area is 115 Å². The Balaban J connectivity index is 1.74. The molecule has 0 fully saturated rings. The lowest BCUT2D eigenvalue weighted by Crippen LogP contribution is -2.23. The highest BCUT2D eigenvalue weighted by Gasteiger charge is 2.20. The lowest BCUT2D eigenvalue weighted by Gasteiger charge is -2.04. The van der Waals surface area contributed by atoms with Gasteiger partial charge in [0.15, 0.2) is 11.6 Å². The molecule has 3 rings (SSSR count). The fourth-order valence-electron chi connectivity index (χ4n) is 2.16. The molecule has 0 atom stereocenters. The van der Waals surface area contributed by atoms with Crippen LogP contribution in [0.1, 0.15) is 28.4 Å². The zero-order valence-corrected chi connectivity index (χ0v) is 10.8. The number of carbonyl (C=O) groups excluding carboxylic acids is 1. The molecule has 0 bridgehead atoms. The Morgan fingerprint density at radius 1 is 1.35 bits per heavy atom. The molecule has 1 aliphatic heterocycles. The van der Waals surface area contributed by atoms with Gasteiger partial charge in [0, 0.05) is 12.2 Å². The number of aryl methyl sites for hydroxylation is 1. The number of aromatic nitrogens is 2. The van der Waals surface area contributed by atoms with Crippen molar-refractivity contribution in [1.29, 1.82) is 0 Å². The molecule has 1 aromatic heterocycles. The number of benzene rings is 1. The van der Waals surface area contributed by atoms with Gasteiger partial charge in [-0.25, -0.2) is 9.37 Å². The molecule has 0 saturated heterocycles. The third kappa shape index (κ3) is 2.49. The van der Waals surface area contributed by atoms with E-state index < -0.39 is 5.82 Å². The summed E-state index contributed by atoms with van der Waals surface area (Å²) in [6, 6.07) is 6.18. The molecule has 0 radical (unpaired) electrons. The standard InChI is InChI=1S/C14H14FN3O2/c15-9-4-1-2-6-11(9)20-8-12-17-10-5-3-7-16-14(19)13(10)18-12/h1-2,4,6H,3,5,7-8H2,(H,16,19)(H,17,18). The molecule has 20 heavy (non-hydrogen) atoms. The molecule has 0 unspecified atom stereocenters. The van der Waals surface area contributed by atoms with Gasteiger partial charge < -0.3 is 15.0 Å². The van der Waals surface area contributed by atoms with Crippen LogP contribution in [-0.2, 0) is 13.0 Å². The molecule has 5 nitrogen and oxygen atoms in total. The summed E-state index contributed by atoms with van der Waals surface area (Å²) in [5.41, 5.74) is 1.22. The van der Waals surface area contributed by atoms with Gasteiger partial charge in [0.05, 0.1) is 0 Å². The first-order valence-electron chi connectivity index (χ1n) is 6.47. The SMILES string of the molecule is O=C1NCCCc2[nH]c(COc3ccccc3F)nc21. The lowest BCUT2D eigenvalue weighted by atomic mass is 10.2. The van der Waals surface area contributed by atoms with E-state index in [0.29, 0.717) is 18.1 Å². The van der Waals surface area contributed by atoms with Gasteiger partial charge in [-0.3, -0.25) is 4.79 Å². The maximum Gasteiger partial charge on any atom is 0.271 e. The highest BCUT2D eigenvalue weighted by atomic mass is 19.1. The molecule has 0 aliphatic carbocycles. The number of nitrogens with one attached hydrogen (secondary N) is 2. The molecular formula is C14H14FN3O2. The van der Waals surface area contributed by atoms with Gasteiger partial charge in [-0.2, -0.15) is 0 Å². The van der Waals surface area contributed by atoms with Crippen LogP contribution in [0.3, 0.4) is 0 Å². The molecule has 2 heterocycles. The number of aromatic amines is 1. The molecule has 0 saturated carbocycles. The summed E-state index contributed by atoms with van der Waals surface area (Å²) >= 11 is 0. The Kier molecular flexibility index (Phi) is 3.37. The largest absolute Gasteiger partial charge is 0.483 e. The van der Waals surface area contributed by atoms with Crippen molar-refractivity contribution >= 4 is 5.91 Å². The number of ether oxygens (including phenoxy) is 1. The average molecular weight is 275 g/mol. The number of amides is 1. The van der Waals surface area contributed by atoms with Crippen LogP contribution in [0.5, 0.6) is 5.75 Å². The smallest absolute Gasteiger partial charge is 0.271 e. The van der Waals surface area contributed by atoms with Crippen LogP contribution >= 0.6 is 0 Å². The minimum Gasteiger partial charge on any atom is -0.483 e. The minimum absolute atomic E-state index is 0.0984. The third-order valence-corrected chi connectivity index (χ3v) is 3.13. The molecule has 104 valence electrons. The van der Waals surface area contributed by atoms with Gasteiger partial charge in [0.25, 0.3) is 5.91 Å². The van der Waals surface area contributed by atoms with Gasteiger partial charge in [0.1, 0.15) is 18.1 Å². The molecule has 1 amide bonds.